The second kappa shape index (κ2) is 8.94. The van der Waals surface area contributed by atoms with Crippen LogP contribution in [-0.2, 0) is 0 Å². The number of aliphatic imine (C=N–C) groups is 1. The minimum absolute atomic E-state index is 0.134. The molecule has 0 amide bonds. The zero-order valence-corrected chi connectivity index (χ0v) is 17.1. The van der Waals surface area contributed by atoms with Crippen LogP contribution in [0.25, 0.3) is 10.8 Å². The third-order valence-corrected chi connectivity index (χ3v) is 5.21. The SMILES string of the molecule is Nc1ncc2ccc(Cl)cc2c1C#Cc1ccc(C(=O)CCCC2=CCC=N2)cc1. The third-order valence-electron chi connectivity index (χ3n) is 4.98. The minimum Gasteiger partial charge on any atom is -0.383 e. The first-order valence-electron chi connectivity index (χ1n) is 9.81. The van der Waals surface area contributed by atoms with E-state index in [1.54, 1.807) is 6.20 Å². The van der Waals surface area contributed by atoms with Gasteiger partial charge in [-0.05, 0) is 37.1 Å². The summed E-state index contributed by atoms with van der Waals surface area (Å²) in [6.45, 7) is 0. The molecule has 5 heteroatoms. The molecule has 1 aliphatic heterocycles. The summed E-state index contributed by atoms with van der Waals surface area (Å²) >= 11 is 6.13. The number of anilines is 1. The zero-order chi connectivity index (χ0) is 20.9. The van der Waals surface area contributed by atoms with E-state index < -0.39 is 0 Å². The molecule has 0 spiro atoms. The predicted molar refractivity (Wildman–Crippen MR) is 123 cm³/mol. The van der Waals surface area contributed by atoms with Gasteiger partial charge < -0.3 is 5.73 Å². The van der Waals surface area contributed by atoms with Crippen LogP contribution in [0.1, 0.15) is 47.2 Å². The number of rotatable bonds is 5. The van der Waals surface area contributed by atoms with Crippen molar-refractivity contribution in [2.75, 3.05) is 5.73 Å². The normalized spacial score (nSPS) is 12.5. The highest BCUT2D eigenvalue weighted by molar-refractivity contribution is 6.31. The van der Waals surface area contributed by atoms with Gasteiger partial charge in [-0.3, -0.25) is 9.79 Å². The Balaban J connectivity index is 1.47. The number of ketones is 1. The molecule has 2 N–H and O–H groups in total. The molecular weight excluding hydrogens is 394 g/mol. The van der Waals surface area contributed by atoms with Crippen molar-refractivity contribution in [2.45, 2.75) is 25.7 Å². The Morgan fingerprint density at radius 3 is 2.73 bits per heavy atom. The Morgan fingerprint density at radius 1 is 1.13 bits per heavy atom. The van der Waals surface area contributed by atoms with Gasteiger partial charge >= 0.3 is 0 Å². The topological polar surface area (TPSA) is 68.3 Å². The molecule has 4 rings (SSSR count). The Kier molecular flexibility index (Phi) is 5.92. The highest BCUT2D eigenvalue weighted by Crippen LogP contribution is 2.25. The zero-order valence-electron chi connectivity index (χ0n) is 16.4. The summed E-state index contributed by atoms with van der Waals surface area (Å²) in [6.07, 6.45) is 8.77. The molecule has 1 aromatic heterocycles. The molecule has 0 unspecified atom stereocenters. The second-order valence-corrected chi connectivity index (χ2v) is 7.53. The highest BCUT2D eigenvalue weighted by atomic mass is 35.5. The summed E-state index contributed by atoms with van der Waals surface area (Å²) in [6, 6.07) is 12.9. The Morgan fingerprint density at radius 2 is 1.97 bits per heavy atom. The van der Waals surface area contributed by atoms with Crippen LogP contribution in [0.5, 0.6) is 0 Å². The number of hydrogen-bond donors (Lipinski definition) is 1. The number of nitrogens with zero attached hydrogens (tertiary/aromatic N) is 2. The fourth-order valence-corrected chi connectivity index (χ4v) is 3.53. The van der Waals surface area contributed by atoms with E-state index in [1.165, 1.54) is 0 Å². The molecule has 1 aliphatic rings. The summed E-state index contributed by atoms with van der Waals surface area (Å²) in [5, 5.41) is 2.42. The Bertz CT molecular complexity index is 1230. The van der Waals surface area contributed by atoms with E-state index in [-0.39, 0.29) is 5.78 Å². The van der Waals surface area contributed by atoms with Gasteiger partial charge in [-0.1, -0.05) is 47.7 Å². The van der Waals surface area contributed by atoms with Gasteiger partial charge in [0.1, 0.15) is 5.82 Å². The van der Waals surface area contributed by atoms with E-state index in [2.05, 4.69) is 27.9 Å². The maximum absolute atomic E-state index is 12.4. The summed E-state index contributed by atoms with van der Waals surface area (Å²) in [4.78, 5) is 20.9. The van der Waals surface area contributed by atoms with Gasteiger partial charge in [-0.15, -0.1) is 0 Å². The smallest absolute Gasteiger partial charge is 0.162 e. The van der Waals surface area contributed by atoms with E-state index in [9.17, 15) is 4.79 Å². The number of nitrogens with two attached hydrogens (primary N) is 1. The van der Waals surface area contributed by atoms with Gasteiger partial charge in [0.2, 0.25) is 0 Å². The fraction of sp³-hybridized carbons (Fsp3) is 0.160. The molecule has 0 fully saturated rings. The molecule has 2 aromatic carbocycles. The maximum Gasteiger partial charge on any atom is 0.162 e. The molecule has 4 nitrogen and oxygen atoms in total. The molecular formula is C25H20ClN3O. The van der Waals surface area contributed by atoms with E-state index in [1.807, 2.05) is 48.7 Å². The Hall–Kier alpha value is -3.42. The maximum atomic E-state index is 12.4. The first-order valence-corrected chi connectivity index (χ1v) is 10.2. The molecule has 2 heterocycles. The number of carbonyl (C=O) groups is 1. The molecule has 0 radical (unpaired) electrons. The summed E-state index contributed by atoms with van der Waals surface area (Å²) in [5.41, 5.74) is 9.27. The molecule has 0 bridgehead atoms. The van der Waals surface area contributed by atoms with Gasteiger partial charge in [0, 0.05) is 57.9 Å². The lowest BCUT2D eigenvalue weighted by Gasteiger charge is -2.04. The molecule has 0 saturated heterocycles. The van der Waals surface area contributed by atoms with Crippen LogP contribution in [0.3, 0.4) is 0 Å². The number of pyridine rings is 1. The van der Waals surface area contributed by atoms with Crippen molar-refractivity contribution in [1.29, 1.82) is 0 Å². The summed E-state index contributed by atoms with van der Waals surface area (Å²) < 4.78 is 0. The van der Waals surface area contributed by atoms with E-state index in [4.69, 9.17) is 17.3 Å². The second-order valence-electron chi connectivity index (χ2n) is 7.10. The number of Topliss-reactive ketones (excluding diaryl/α,β-unsaturated/α-hetero) is 1. The van der Waals surface area contributed by atoms with Crippen LogP contribution in [0, 0.1) is 11.8 Å². The van der Waals surface area contributed by atoms with E-state index in [0.717, 1.165) is 41.3 Å². The average molecular weight is 414 g/mol. The third kappa shape index (κ3) is 4.59. The number of halogens is 1. The average Bonchev–Trinajstić information content (AvgIpc) is 3.27. The molecule has 0 aliphatic carbocycles. The van der Waals surface area contributed by atoms with Crippen molar-refractivity contribution in [3.8, 4) is 11.8 Å². The van der Waals surface area contributed by atoms with Gasteiger partial charge in [0.05, 0.1) is 5.56 Å². The Labute approximate surface area is 180 Å². The van der Waals surface area contributed by atoms with Gasteiger partial charge in [-0.2, -0.15) is 0 Å². The number of nitrogen functional groups attached to an aromatic ring is 1. The van der Waals surface area contributed by atoms with E-state index >= 15 is 0 Å². The van der Waals surface area contributed by atoms with Crippen molar-refractivity contribution in [2.24, 2.45) is 4.99 Å². The number of carbonyl (C=O) groups excluding carboxylic acids is 1. The van der Waals surface area contributed by atoms with Crippen molar-refractivity contribution in [3.05, 3.63) is 82.1 Å². The van der Waals surface area contributed by atoms with Crippen LogP contribution in [-0.4, -0.2) is 17.0 Å². The van der Waals surface area contributed by atoms with Crippen LogP contribution in [0.4, 0.5) is 5.82 Å². The van der Waals surface area contributed by atoms with Gasteiger partial charge in [0.25, 0.3) is 0 Å². The van der Waals surface area contributed by atoms with E-state index in [0.29, 0.717) is 28.4 Å². The number of allylic oxidation sites excluding steroid dienone is 2. The van der Waals surface area contributed by atoms with Crippen molar-refractivity contribution < 1.29 is 4.79 Å². The lowest BCUT2D eigenvalue weighted by atomic mass is 10.0. The van der Waals surface area contributed by atoms with Crippen molar-refractivity contribution in [1.82, 2.24) is 4.98 Å². The van der Waals surface area contributed by atoms with Crippen LogP contribution < -0.4 is 5.73 Å². The van der Waals surface area contributed by atoms with Crippen LogP contribution >= 0.6 is 11.6 Å². The molecule has 148 valence electrons. The number of aromatic nitrogens is 1. The lowest BCUT2D eigenvalue weighted by Crippen LogP contribution is -1.99. The molecule has 3 aromatic rings. The fourth-order valence-electron chi connectivity index (χ4n) is 3.36. The summed E-state index contributed by atoms with van der Waals surface area (Å²) in [7, 11) is 0. The van der Waals surface area contributed by atoms with Crippen molar-refractivity contribution in [3.63, 3.8) is 0 Å². The molecule has 0 saturated carbocycles. The number of benzene rings is 2. The first kappa shape index (κ1) is 19.9. The molecule has 0 atom stereocenters. The van der Waals surface area contributed by atoms with Crippen molar-refractivity contribution >= 4 is 40.2 Å². The van der Waals surface area contributed by atoms with Crippen LogP contribution in [0.15, 0.2) is 65.4 Å². The minimum atomic E-state index is 0.134. The molecule has 30 heavy (non-hydrogen) atoms. The largest absolute Gasteiger partial charge is 0.383 e. The lowest BCUT2D eigenvalue weighted by molar-refractivity contribution is 0.0980. The quantitative estimate of drug-likeness (QED) is 0.438. The predicted octanol–water partition coefficient (Wildman–Crippen LogP) is 5.58. The summed E-state index contributed by atoms with van der Waals surface area (Å²) in [5.74, 6) is 6.73. The monoisotopic (exact) mass is 413 g/mol. The van der Waals surface area contributed by atoms with Gasteiger partial charge in [0.15, 0.2) is 5.78 Å². The van der Waals surface area contributed by atoms with Gasteiger partial charge in [-0.25, -0.2) is 4.98 Å². The number of hydrogen-bond acceptors (Lipinski definition) is 4. The standard InChI is InChI=1S/C25H20ClN3O/c26-20-12-11-19-16-29-25(27)22(23(19)15-20)13-8-17-6-9-18(10-7-17)24(30)5-1-3-21-4-2-14-28-21/h4,6-7,9-12,14-16H,1-3,5H2,(H2,27,29). The highest BCUT2D eigenvalue weighted by Gasteiger charge is 2.08. The van der Waals surface area contributed by atoms with Crippen LogP contribution in [0.2, 0.25) is 5.02 Å². The first-order chi connectivity index (χ1) is 14.6. The number of fused-ring (bicyclic) bond motifs is 1.